The zero-order chi connectivity index (χ0) is 23.1. The number of carbonyl (C=O) groups is 1. The number of nitrogens with one attached hydrogen (secondary N) is 1. The van der Waals surface area contributed by atoms with Crippen molar-refractivity contribution in [1.29, 1.82) is 0 Å². The van der Waals surface area contributed by atoms with Crippen molar-refractivity contribution in [3.8, 4) is 11.5 Å². The van der Waals surface area contributed by atoms with Gasteiger partial charge >= 0.3 is 0 Å². The molecule has 32 heavy (non-hydrogen) atoms. The third-order valence-electron chi connectivity index (χ3n) is 5.18. The van der Waals surface area contributed by atoms with Crippen LogP contribution in [0.1, 0.15) is 24.0 Å². The predicted octanol–water partition coefficient (Wildman–Crippen LogP) is 6.43. The van der Waals surface area contributed by atoms with Crippen LogP contribution >= 0.6 is 23.2 Å². The Morgan fingerprint density at radius 2 is 1.50 bits per heavy atom. The van der Waals surface area contributed by atoms with Gasteiger partial charge in [0.15, 0.2) is 17.3 Å². The highest BCUT2D eigenvalue weighted by atomic mass is 35.5. The summed E-state index contributed by atoms with van der Waals surface area (Å²) in [4.78, 5) is 12.8. The molecule has 0 aliphatic carbocycles. The second-order valence-corrected chi connectivity index (χ2v) is 8.30. The quantitative estimate of drug-likeness (QED) is 0.290. The molecular weight excluding hydrogens is 445 g/mol. The molecule has 0 saturated carbocycles. The van der Waals surface area contributed by atoms with E-state index in [2.05, 4.69) is 11.9 Å². The molecule has 0 radical (unpaired) electrons. The Kier molecular flexibility index (Phi) is 8.20. The van der Waals surface area contributed by atoms with E-state index in [0.717, 1.165) is 11.1 Å². The van der Waals surface area contributed by atoms with Gasteiger partial charge in [0.05, 0.1) is 7.11 Å². The van der Waals surface area contributed by atoms with Gasteiger partial charge in [-0.3, -0.25) is 4.79 Å². The fourth-order valence-corrected chi connectivity index (χ4v) is 3.69. The predicted molar refractivity (Wildman–Crippen MR) is 130 cm³/mol. The van der Waals surface area contributed by atoms with Crippen molar-refractivity contribution in [3.05, 3.63) is 106 Å². The monoisotopic (exact) mass is 469 g/mol. The van der Waals surface area contributed by atoms with E-state index in [9.17, 15) is 4.79 Å². The number of carbonyl (C=O) groups excluding carboxylic acids is 1. The highest BCUT2D eigenvalue weighted by Gasteiger charge is 2.23. The summed E-state index contributed by atoms with van der Waals surface area (Å²) in [5.74, 6) is 0.548. The van der Waals surface area contributed by atoms with Crippen molar-refractivity contribution in [1.82, 2.24) is 5.32 Å². The van der Waals surface area contributed by atoms with Crippen molar-refractivity contribution in [2.24, 2.45) is 0 Å². The van der Waals surface area contributed by atoms with Crippen LogP contribution in [0.4, 0.5) is 0 Å². The Morgan fingerprint density at radius 3 is 2.09 bits per heavy atom. The minimum absolute atomic E-state index is 0.00328. The Bertz CT molecular complexity index is 1070. The number of methoxy groups -OCH3 is 1. The molecule has 3 rings (SSSR count). The van der Waals surface area contributed by atoms with Gasteiger partial charge in [-0.15, -0.1) is 0 Å². The van der Waals surface area contributed by atoms with E-state index < -0.39 is 5.91 Å². The zero-order valence-electron chi connectivity index (χ0n) is 18.0. The SMILES string of the molecule is C=C(Oc1ccccc1OC)C(=O)NC(C)C(Cc1ccc(Cl)cc1)c1ccc(Cl)cc1. The molecule has 0 aromatic heterocycles. The molecule has 2 unspecified atom stereocenters. The number of hydrogen-bond acceptors (Lipinski definition) is 3. The maximum absolute atomic E-state index is 12.8. The lowest BCUT2D eigenvalue weighted by Gasteiger charge is -2.26. The van der Waals surface area contributed by atoms with Crippen LogP contribution in [0.25, 0.3) is 0 Å². The topological polar surface area (TPSA) is 47.6 Å². The van der Waals surface area contributed by atoms with Crippen LogP contribution in [0.5, 0.6) is 11.5 Å². The molecule has 0 aliphatic rings. The molecule has 0 spiro atoms. The van der Waals surface area contributed by atoms with Crippen LogP contribution in [0.15, 0.2) is 85.1 Å². The summed E-state index contributed by atoms with van der Waals surface area (Å²) in [6.07, 6.45) is 0.708. The first kappa shape index (κ1) is 23.7. The molecule has 1 amide bonds. The Hall–Kier alpha value is -2.95. The molecule has 0 aliphatic heterocycles. The standard InChI is InChI=1S/C26H25Cl2NO3/c1-17(29-26(30)18(2)32-25-7-5-4-6-24(25)31-3)23(20-10-14-22(28)15-11-20)16-19-8-12-21(27)13-9-19/h4-15,17,23H,2,16H2,1,3H3,(H,29,30). The van der Waals surface area contributed by atoms with Crippen molar-refractivity contribution in [2.45, 2.75) is 25.3 Å². The van der Waals surface area contributed by atoms with Crippen molar-refractivity contribution < 1.29 is 14.3 Å². The minimum atomic E-state index is -0.390. The summed E-state index contributed by atoms with van der Waals surface area (Å²) in [6, 6.07) is 22.3. The van der Waals surface area contributed by atoms with Crippen molar-refractivity contribution >= 4 is 29.1 Å². The van der Waals surface area contributed by atoms with Crippen LogP contribution in [-0.4, -0.2) is 19.1 Å². The van der Waals surface area contributed by atoms with E-state index in [1.807, 2.05) is 61.5 Å². The normalized spacial score (nSPS) is 12.5. The maximum Gasteiger partial charge on any atom is 0.286 e. The average Bonchev–Trinajstić information content (AvgIpc) is 2.79. The first-order chi connectivity index (χ1) is 15.4. The first-order valence-corrected chi connectivity index (χ1v) is 10.9. The summed E-state index contributed by atoms with van der Waals surface area (Å²) in [6.45, 7) is 5.76. The molecule has 0 heterocycles. The number of amides is 1. The number of benzene rings is 3. The summed E-state index contributed by atoms with van der Waals surface area (Å²) in [5.41, 5.74) is 2.17. The third-order valence-corrected chi connectivity index (χ3v) is 5.69. The van der Waals surface area contributed by atoms with Gasteiger partial charge in [-0.25, -0.2) is 0 Å². The summed E-state index contributed by atoms with van der Waals surface area (Å²) >= 11 is 12.1. The lowest BCUT2D eigenvalue weighted by molar-refractivity contribution is -0.120. The fraction of sp³-hybridized carbons (Fsp3) is 0.192. The van der Waals surface area contributed by atoms with Gasteiger partial charge < -0.3 is 14.8 Å². The Labute approximate surface area is 198 Å². The summed E-state index contributed by atoms with van der Waals surface area (Å²) < 4.78 is 10.9. The van der Waals surface area contributed by atoms with Crippen LogP contribution in [0, 0.1) is 0 Å². The largest absolute Gasteiger partial charge is 0.493 e. The van der Waals surface area contributed by atoms with Crippen LogP contribution < -0.4 is 14.8 Å². The third kappa shape index (κ3) is 6.28. The molecule has 0 saturated heterocycles. The molecule has 0 bridgehead atoms. The van der Waals surface area contributed by atoms with Crippen LogP contribution in [0.3, 0.4) is 0 Å². The first-order valence-electron chi connectivity index (χ1n) is 10.2. The molecule has 0 fully saturated rings. The Balaban J connectivity index is 1.75. The maximum atomic E-state index is 12.8. The molecule has 2 atom stereocenters. The lowest BCUT2D eigenvalue weighted by Crippen LogP contribution is -2.39. The van der Waals surface area contributed by atoms with E-state index in [-0.39, 0.29) is 17.7 Å². The molecular formula is C26H25Cl2NO3. The molecule has 6 heteroatoms. The molecule has 3 aromatic rings. The van der Waals surface area contributed by atoms with Gasteiger partial charge in [-0.05, 0) is 60.9 Å². The van der Waals surface area contributed by atoms with Gasteiger partial charge in [0.1, 0.15) is 0 Å². The lowest BCUT2D eigenvalue weighted by atomic mass is 9.86. The fourth-order valence-electron chi connectivity index (χ4n) is 3.44. The second-order valence-electron chi connectivity index (χ2n) is 7.43. The zero-order valence-corrected chi connectivity index (χ0v) is 19.5. The van der Waals surface area contributed by atoms with Crippen molar-refractivity contribution in [2.75, 3.05) is 7.11 Å². The van der Waals surface area contributed by atoms with Gasteiger partial charge in [-0.2, -0.15) is 0 Å². The Morgan fingerprint density at radius 1 is 0.938 bits per heavy atom. The average molecular weight is 470 g/mol. The van der Waals surface area contributed by atoms with E-state index >= 15 is 0 Å². The molecule has 166 valence electrons. The highest BCUT2D eigenvalue weighted by molar-refractivity contribution is 6.30. The second kappa shape index (κ2) is 11.1. The van der Waals surface area contributed by atoms with Crippen LogP contribution in [-0.2, 0) is 11.2 Å². The number of rotatable bonds is 9. The van der Waals surface area contributed by atoms with Gasteiger partial charge in [0.25, 0.3) is 5.91 Å². The number of hydrogen-bond donors (Lipinski definition) is 1. The number of para-hydroxylation sites is 2. The molecule has 1 N–H and O–H groups in total. The highest BCUT2D eigenvalue weighted by Crippen LogP contribution is 2.29. The van der Waals surface area contributed by atoms with E-state index in [1.165, 1.54) is 0 Å². The number of halogens is 2. The minimum Gasteiger partial charge on any atom is -0.493 e. The van der Waals surface area contributed by atoms with Gasteiger partial charge in [0.2, 0.25) is 0 Å². The molecule has 4 nitrogen and oxygen atoms in total. The number of ether oxygens (including phenoxy) is 2. The van der Waals surface area contributed by atoms with E-state index in [4.69, 9.17) is 32.7 Å². The van der Waals surface area contributed by atoms with Crippen molar-refractivity contribution in [3.63, 3.8) is 0 Å². The van der Waals surface area contributed by atoms with E-state index in [0.29, 0.717) is 28.0 Å². The molecule has 3 aromatic carbocycles. The van der Waals surface area contributed by atoms with Gasteiger partial charge in [0, 0.05) is 22.0 Å². The smallest absolute Gasteiger partial charge is 0.286 e. The van der Waals surface area contributed by atoms with Crippen LogP contribution in [0.2, 0.25) is 10.0 Å². The summed E-state index contributed by atoms with van der Waals surface area (Å²) in [5, 5.41) is 4.36. The van der Waals surface area contributed by atoms with Gasteiger partial charge in [-0.1, -0.05) is 66.2 Å². The summed E-state index contributed by atoms with van der Waals surface area (Å²) in [7, 11) is 1.54. The van der Waals surface area contributed by atoms with E-state index in [1.54, 1.807) is 25.3 Å².